The van der Waals surface area contributed by atoms with E-state index in [0.29, 0.717) is 5.57 Å². The summed E-state index contributed by atoms with van der Waals surface area (Å²) in [5, 5.41) is 2.99. The van der Waals surface area contributed by atoms with Crippen molar-refractivity contribution in [1.82, 2.24) is 5.32 Å². The Kier molecular flexibility index (Phi) is 2.08. The van der Waals surface area contributed by atoms with Crippen LogP contribution in [0.1, 0.15) is 20.3 Å². The zero-order valence-corrected chi connectivity index (χ0v) is 6.73. The van der Waals surface area contributed by atoms with Crippen LogP contribution in [0.25, 0.3) is 0 Å². The van der Waals surface area contributed by atoms with Crippen molar-refractivity contribution < 1.29 is 9.59 Å². The lowest BCUT2D eigenvalue weighted by Gasteiger charge is -2.01. The minimum Gasteiger partial charge on any atom is -0.388 e. The molecule has 0 spiro atoms. The molecule has 1 aliphatic rings. The minimum atomic E-state index is -0.332. The van der Waals surface area contributed by atoms with E-state index < -0.39 is 0 Å². The molecule has 0 saturated heterocycles. The van der Waals surface area contributed by atoms with E-state index in [0.717, 1.165) is 12.2 Å². The first-order valence-electron chi connectivity index (χ1n) is 3.68. The molecular weight excluding hydrogens is 142 g/mol. The highest BCUT2D eigenvalue weighted by Crippen LogP contribution is 2.16. The number of hydrogen-bond donors (Lipinski definition) is 1. The molecular formula is C8H11NO2. The molecule has 0 saturated carbocycles. The van der Waals surface area contributed by atoms with Crippen LogP contribution in [-0.2, 0) is 9.59 Å². The van der Waals surface area contributed by atoms with E-state index in [1.54, 1.807) is 6.92 Å². The Bertz CT molecular complexity index is 240. The number of allylic oxidation sites excluding steroid dienone is 2. The number of rotatable bonds is 2. The van der Waals surface area contributed by atoms with Crippen LogP contribution in [-0.4, -0.2) is 18.1 Å². The molecule has 0 amide bonds. The van der Waals surface area contributed by atoms with Crippen molar-refractivity contribution in [1.29, 1.82) is 0 Å². The fourth-order valence-electron chi connectivity index (χ4n) is 1.13. The number of nitrogens with one attached hydrogen (secondary N) is 1. The summed E-state index contributed by atoms with van der Waals surface area (Å²) < 4.78 is 0. The molecule has 1 rings (SSSR count). The van der Waals surface area contributed by atoms with Gasteiger partial charge in [0.2, 0.25) is 11.6 Å². The Hall–Kier alpha value is -1.12. The van der Waals surface area contributed by atoms with Gasteiger partial charge in [0.05, 0.1) is 6.42 Å². The highest BCUT2D eigenvalue weighted by Gasteiger charge is 2.27. The van der Waals surface area contributed by atoms with Crippen LogP contribution in [0.4, 0.5) is 0 Å². The standard InChI is InChI=1S/C8H11NO2/c1-3-9-6-4-7(10)8(11)5(6)2/h9H,3-4H2,1-2H3. The second-order valence-corrected chi connectivity index (χ2v) is 2.56. The highest BCUT2D eigenvalue weighted by molar-refractivity contribution is 6.46. The molecule has 0 aliphatic heterocycles. The van der Waals surface area contributed by atoms with Gasteiger partial charge in [0.1, 0.15) is 0 Å². The van der Waals surface area contributed by atoms with Crippen molar-refractivity contribution in [2.75, 3.05) is 6.54 Å². The normalized spacial score (nSPS) is 18.0. The molecule has 0 aromatic rings. The highest BCUT2D eigenvalue weighted by atomic mass is 16.2. The second-order valence-electron chi connectivity index (χ2n) is 2.56. The van der Waals surface area contributed by atoms with Crippen LogP contribution in [0, 0.1) is 0 Å². The quantitative estimate of drug-likeness (QED) is 0.584. The molecule has 60 valence electrons. The summed E-state index contributed by atoms with van der Waals surface area (Å²) in [6, 6.07) is 0. The molecule has 1 aliphatic carbocycles. The van der Waals surface area contributed by atoms with Crippen molar-refractivity contribution in [3.05, 3.63) is 11.3 Å². The van der Waals surface area contributed by atoms with Gasteiger partial charge in [0, 0.05) is 17.8 Å². The molecule has 0 heterocycles. The number of hydrogen-bond acceptors (Lipinski definition) is 3. The summed E-state index contributed by atoms with van der Waals surface area (Å²) in [6.45, 7) is 4.38. The van der Waals surface area contributed by atoms with Gasteiger partial charge in [-0.05, 0) is 13.8 Å². The Morgan fingerprint density at radius 2 is 2.09 bits per heavy atom. The summed E-state index contributed by atoms with van der Waals surface area (Å²) in [5.41, 5.74) is 1.37. The van der Waals surface area contributed by atoms with Crippen molar-refractivity contribution in [2.45, 2.75) is 20.3 Å². The van der Waals surface area contributed by atoms with Crippen LogP contribution in [0.15, 0.2) is 11.3 Å². The average molecular weight is 153 g/mol. The maximum Gasteiger partial charge on any atom is 0.226 e. The molecule has 3 heteroatoms. The van der Waals surface area contributed by atoms with Crippen molar-refractivity contribution >= 4 is 11.6 Å². The predicted octanol–water partition coefficient (Wildman–Crippen LogP) is 0.412. The Labute approximate surface area is 65.5 Å². The minimum absolute atomic E-state index is 0.262. The van der Waals surface area contributed by atoms with E-state index in [2.05, 4.69) is 5.32 Å². The summed E-state index contributed by atoms with van der Waals surface area (Å²) >= 11 is 0. The second kappa shape index (κ2) is 2.86. The van der Waals surface area contributed by atoms with Gasteiger partial charge >= 0.3 is 0 Å². The zero-order chi connectivity index (χ0) is 8.43. The molecule has 0 bridgehead atoms. The SMILES string of the molecule is CCNC1=C(C)C(=O)C(=O)C1. The lowest BCUT2D eigenvalue weighted by molar-refractivity contribution is -0.133. The van der Waals surface area contributed by atoms with E-state index in [4.69, 9.17) is 0 Å². The third-order valence-electron chi connectivity index (χ3n) is 1.77. The monoisotopic (exact) mass is 153 g/mol. The molecule has 0 aromatic carbocycles. The topological polar surface area (TPSA) is 46.2 Å². The van der Waals surface area contributed by atoms with Crippen LogP contribution in [0.5, 0.6) is 0 Å². The van der Waals surface area contributed by atoms with Crippen molar-refractivity contribution in [3.8, 4) is 0 Å². The fourth-order valence-corrected chi connectivity index (χ4v) is 1.13. The molecule has 0 unspecified atom stereocenters. The number of ketones is 2. The van der Waals surface area contributed by atoms with Gasteiger partial charge in [-0.15, -0.1) is 0 Å². The van der Waals surface area contributed by atoms with Crippen molar-refractivity contribution in [3.63, 3.8) is 0 Å². The molecule has 0 radical (unpaired) electrons. The molecule has 1 N–H and O–H groups in total. The molecule has 0 fully saturated rings. The van der Waals surface area contributed by atoms with Crippen LogP contribution >= 0.6 is 0 Å². The van der Waals surface area contributed by atoms with E-state index in [9.17, 15) is 9.59 Å². The summed E-state index contributed by atoms with van der Waals surface area (Å²) in [5.74, 6) is -0.626. The molecule has 11 heavy (non-hydrogen) atoms. The summed E-state index contributed by atoms with van der Waals surface area (Å²) in [4.78, 5) is 21.8. The number of Topliss-reactive ketones (excluding diaryl/α,β-unsaturated/α-hetero) is 2. The smallest absolute Gasteiger partial charge is 0.226 e. The molecule has 3 nitrogen and oxygen atoms in total. The summed E-state index contributed by atoms with van der Waals surface area (Å²) in [7, 11) is 0. The molecule has 0 atom stereocenters. The molecule has 0 aromatic heterocycles. The van der Waals surface area contributed by atoms with Gasteiger partial charge in [0.15, 0.2) is 0 Å². The van der Waals surface area contributed by atoms with Crippen LogP contribution < -0.4 is 5.32 Å². The first kappa shape index (κ1) is 7.98. The van der Waals surface area contributed by atoms with E-state index >= 15 is 0 Å². The van der Waals surface area contributed by atoms with E-state index in [1.807, 2.05) is 6.92 Å². The van der Waals surface area contributed by atoms with Crippen molar-refractivity contribution in [2.24, 2.45) is 0 Å². The van der Waals surface area contributed by atoms with Gasteiger partial charge < -0.3 is 5.32 Å². The van der Waals surface area contributed by atoms with Gasteiger partial charge in [-0.25, -0.2) is 0 Å². The fraction of sp³-hybridized carbons (Fsp3) is 0.500. The summed E-state index contributed by atoms with van der Waals surface area (Å²) in [6.07, 6.45) is 0.262. The van der Waals surface area contributed by atoms with Crippen LogP contribution in [0.2, 0.25) is 0 Å². The Morgan fingerprint density at radius 3 is 2.45 bits per heavy atom. The van der Waals surface area contributed by atoms with Crippen LogP contribution in [0.3, 0.4) is 0 Å². The maximum atomic E-state index is 10.9. The zero-order valence-electron chi connectivity index (χ0n) is 6.73. The number of carbonyl (C=O) groups is 2. The van der Waals surface area contributed by atoms with E-state index in [-0.39, 0.29) is 18.0 Å². The number of carbonyl (C=O) groups excluding carboxylic acids is 2. The average Bonchev–Trinajstić information content (AvgIpc) is 2.19. The van der Waals surface area contributed by atoms with Gasteiger partial charge in [-0.2, -0.15) is 0 Å². The first-order valence-corrected chi connectivity index (χ1v) is 3.68. The first-order chi connectivity index (χ1) is 5.16. The lowest BCUT2D eigenvalue weighted by Crippen LogP contribution is -2.11. The Morgan fingerprint density at radius 1 is 1.45 bits per heavy atom. The lowest BCUT2D eigenvalue weighted by atomic mass is 10.2. The van der Waals surface area contributed by atoms with Gasteiger partial charge in [-0.3, -0.25) is 9.59 Å². The third-order valence-corrected chi connectivity index (χ3v) is 1.77. The Balaban J connectivity index is 2.80. The van der Waals surface area contributed by atoms with Gasteiger partial charge in [0.25, 0.3) is 0 Å². The largest absolute Gasteiger partial charge is 0.388 e. The predicted molar refractivity (Wildman–Crippen MR) is 41.0 cm³/mol. The third kappa shape index (κ3) is 1.31. The maximum absolute atomic E-state index is 10.9. The van der Waals surface area contributed by atoms with E-state index in [1.165, 1.54) is 0 Å². The van der Waals surface area contributed by atoms with Gasteiger partial charge in [-0.1, -0.05) is 0 Å².